The summed E-state index contributed by atoms with van der Waals surface area (Å²) in [5.41, 5.74) is 0.564. The number of amides is 2. The lowest BCUT2D eigenvalue weighted by Crippen LogP contribution is -2.37. The maximum atomic E-state index is 12.3. The first-order valence-electron chi connectivity index (χ1n) is 7.01. The molecule has 0 fully saturated rings. The van der Waals surface area contributed by atoms with Crippen LogP contribution in [0.3, 0.4) is 0 Å². The summed E-state index contributed by atoms with van der Waals surface area (Å²) < 4.78 is 5.47. The van der Waals surface area contributed by atoms with Crippen LogP contribution in [0.15, 0.2) is 30.0 Å². The number of carbonyl (C=O) groups is 2. The molecule has 0 aromatic heterocycles. The van der Waals surface area contributed by atoms with Crippen LogP contribution in [0.2, 0.25) is 0 Å². The number of aliphatic hydroxyl groups excluding tert-OH is 1. The van der Waals surface area contributed by atoms with E-state index >= 15 is 0 Å². The third-order valence-electron chi connectivity index (χ3n) is 3.22. The average molecular weight is 289 g/mol. The molecule has 1 aromatic carbocycles. The van der Waals surface area contributed by atoms with Gasteiger partial charge in [0.1, 0.15) is 5.75 Å². The molecule has 1 aliphatic rings. The molecule has 2 rings (SSSR count). The Hall–Kier alpha value is -2.30. The number of hydrogen-bond donors (Lipinski definition) is 1. The highest BCUT2D eigenvalue weighted by Crippen LogP contribution is 2.30. The van der Waals surface area contributed by atoms with Gasteiger partial charge in [-0.25, -0.2) is 0 Å². The van der Waals surface area contributed by atoms with Crippen LogP contribution in [-0.2, 0) is 9.59 Å². The number of hydrogen-bond acceptors (Lipinski definition) is 4. The Kier molecular flexibility index (Phi) is 4.31. The predicted molar refractivity (Wildman–Crippen MR) is 78.8 cm³/mol. The molecular formula is C16H19NO4. The van der Waals surface area contributed by atoms with Crippen molar-refractivity contribution in [3.05, 3.63) is 35.6 Å². The van der Waals surface area contributed by atoms with E-state index in [0.717, 1.165) is 11.3 Å². The zero-order valence-corrected chi connectivity index (χ0v) is 12.4. The molecule has 5 nitrogen and oxygen atoms in total. The molecule has 5 heteroatoms. The Morgan fingerprint density at radius 2 is 1.76 bits per heavy atom. The molecule has 0 spiro atoms. The third-order valence-corrected chi connectivity index (χ3v) is 3.22. The molecule has 0 aliphatic carbocycles. The molecule has 1 aliphatic heterocycles. The first kappa shape index (κ1) is 15.1. The summed E-state index contributed by atoms with van der Waals surface area (Å²) >= 11 is 0. The van der Waals surface area contributed by atoms with Crippen LogP contribution < -0.4 is 4.74 Å². The quantitative estimate of drug-likeness (QED) is 0.846. The Bertz CT molecular complexity index is 587. The second kappa shape index (κ2) is 5.99. The molecule has 0 unspecified atom stereocenters. The minimum absolute atomic E-state index is 0.0516. The van der Waals surface area contributed by atoms with Gasteiger partial charge in [0.25, 0.3) is 11.8 Å². The van der Waals surface area contributed by atoms with Crippen LogP contribution in [0.25, 0.3) is 5.57 Å². The Morgan fingerprint density at radius 3 is 2.24 bits per heavy atom. The number of nitrogens with zero attached hydrogens (tertiary/aromatic N) is 1. The lowest BCUT2D eigenvalue weighted by Gasteiger charge is -2.18. The number of carbonyl (C=O) groups excluding carboxylic acids is 2. The summed E-state index contributed by atoms with van der Waals surface area (Å²) in [4.78, 5) is 25.3. The van der Waals surface area contributed by atoms with Crippen LogP contribution in [0, 0.1) is 0 Å². The molecule has 1 heterocycles. The van der Waals surface area contributed by atoms with E-state index in [1.807, 2.05) is 6.92 Å². The molecule has 0 saturated heterocycles. The Morgan fingerprint density at radius 1 is 1.14 bits per heavy atom. The number of imide groups is 1. The largest absolute Gasteiger partial charge is 0.502 e. The van der Waals surface area contributed by atoms with Crippen LogP contribution in [0.1, 0.15) is 32.8 Å². The summed E-state index contributed by atoms with van der Waals surface area (Å²) in [6.07, 6.45) is 0.907. The lowest BCUT2D eigenvalue weighted by atomic mass is 10.1. The van der Waals surface area contributed by atoms with Crippen molar-refractivity contribution in [2.45, 2.75) is 33.2 Å². The third kappa shape index (κ3) is 2.77. The summed E-state index contributed by atoms with van der Waals surface area (Å²) in [5.74, 6) is -0.903. The topological polar surface area (TPSA) is 66.8 Å². The first-order valence-corrected chi connectivity index (χ1v) is 7.01. The van der Waals surface area contributed by atoms with Crippen molar-refractivity contribution in [2.24, 2.45) is 0 Å². The number of benzene rings is 1. The van der Waals surface area contributed by atoms with Crippen LogP contribution in [0.5, 0.6) is 5.75 Å². The van der Waals surface area contributed by atoms with Gasteiger partial charge in [0.05, 0.1) is 12.2 Å². The van der Waals surface area contributed by atoms with Crippen molar-refractivity contribution in [3.63, 3.8) is 0 Å². The van der Waals surface area contributed by atoms with Crippen LogP contribution in [0.4, 0.5) is 0 Å². The minimum Gasteiger partial charge on any atom is -0.502 e. The van der Waals surface area contributed by atoms with E-state index in [2.05, 4.69) is 0 Å². The molecule has 2 amide bonds. The highest BCUT2D eigenvalue weighted by atomic mass is 16.5. The molecule has 0 atom stereocenters. The monoisotopic (exact) mass is 289 g/mol. The van der Waals surface area contributed by atoms with Gasteiger partial charge in [0, 0.05) is 6.04 Å². The van der Waals surface area contributed by atoms with Gasteiger partial charge in [-0.1, -0.05) is 19.1 Å². The van der Waals surface area contributed by atoms with Gasteiger partial charge in [-0.2, -0.15) is 0 Å². The van der Waals surface area contributed by atoms with Crippen molar-refractivity contribution in [1.29, 1.82) is 0 Å². The van der Waals surface area contributed by atoms with E-state index in [0.29, 0.717) is 17.9 Å². The van der Waals surface area contributed by atoms with Gasteiger partial charge < -0.3 is 9.84 Å². The standard InChI is InChI=1S/C16H19NO4/c1-4-9-21-12-7-5-11(6-8-12)13-14(18)16(20)17(10(2)3)15(13)19/h5-8,10,18H,4,9H2,1-3H3. The van der Waals surface area contributed by atoms with Gasteiger partial charge in [-0.15, -0.1) is 0 Å². The number of aliphatic hydroxyl groups is 1. The van der Waals surface area contributed by atoms with Crippen molar-refractivity contribution in [2.75, 3.05) is 6.61 Å². The Labute approximate surface area is 123 Å². The Balaban J connectivity index is 2.29. The fourth-order valence-corrected chi connectivity index (χ4v) is 2.20. The number of ether oxygens (including phenoxy) is 1. The molecule has 112 valence electrons. The van der Waals surface area contributed by atoms with Crippen molar-refractivity contribution < 1.29 is 19.4 Å². The molecule has 21 heavy (non-hydrogen) atoms. The summed E-state index contributed by atoms with van der Waals surface area (Å²) in [6.45, 7) is 6.09. The van der Waals surface area contributed by atoms with E-state index in [4.69, 9.17) is 4.74 Å². The predicted octanol–water partition coefficient (Wildman–Crippen LogP) is 2.52. The second-order valence-corrected chi connectivity index (χ2v) is 5.17. The molecular weight excluding hydrogens is 270 g/mol. The van der Waals surface area contributed by atoms with Crippen LogP contribution in [-0.4, -0.2) is 34.5 Å². The van der Waals surface area contributed by atoms with Gasteiger partial charge in [-0.05, 0) is 38.0 Å². The maximum Gasteiger partial charge on any atom is 0.296 e. The van der Waals surface area contributed by atoms with Crippen molar-refractivity contribution >= 4 is 17.4 Å². The average Bonchev–Trinajstić information content (AvgIpc) is 2.68. The normalized spacial score (nSPS) is 15.3. The molecule has 1 N–H and O–H groups in total. The maximum absolute atomic E-state index is 12.3. The van der Waals surface area contributed by atoms with Crippen LogP contribution >= 0.6 is 0 Å². The fourth-order valence-electron chi connectivity index (χ4n) is 2.20. The smallest absolute Gasteiger partial charge is 0.296 e. The van der Waals surface area contributed by atoms with E-state index < -0.39 is 17.6 Å². The highest BCUT2D eigenvalue weighted by Gasteiger charge is 2.40. The van der Waals surface area contributed by atoms with Gasteiger partial charge >= 0.3 is 0 Å². The second-order valence-electron chi connectivity index (χ2n) is 5.17. The summed E-state index contributed by atoms with van der Waals surface area (Å²) in [7, 11) is 0. The van der Waals surface area contributed by atoms with Gasteiger partial charge in [0.15, 0.2) is 5.76 Å². The summed E-state index contributed by atoms with van der Waals surface area (Å²) in [5, 5.41) is 9.95. The molecule has 0 saturated carbocycles. The lowest BCUT2D eigenvalue weighted by molar-refractivity contribution is -0.139. The SMILES string of the molecule is CCCOc1ccc(C2=C(O)C(=O)N(C(C)C)C2=O)cc1. The van der Waals surface area contributed by atoms with Gasteiger partial charge in [0.2, 0.25) is 0 Å². The van der Waals surface area contributed by atoms with Crippen molar-refractivity contribution in [3.8, 4) is 5.75 Å². The van der Waals surface area contributed by atoms with E-state index in [1.54, 1.807) is 38.1 Å². The first-order chi connectivity index (χ1) is 9.97. The van der Waals surface area contributed by atoms with E-state index in [-0.39, 0.29) is 11.6 Å². The van der Waals surface area contributed by atoms with E-state index in [1.165, 1.54) is 0 Å². The van der Waals surface area contributed by atoms with E-state index in [9.17, 15) is 14.7 Å². The summed E-state index contributed by atoms with van der Waals surface area (Å²) in [6, 6.07) is 6.50. The fraction of sp³-hybridized carbons (Fsp3) is 0.375. The van der Waals surface area contributed by atoms with Crippen molar-refractivity contribution in [1.82, 2.24) is 4.90 Å². The highest BCUT2D eigenvalue weighted by molar-refractivity contribution is 6.35. The zero-order valence-electron chi connectivity index (χ0n) is 12.4. The minimum atomic E-state index is -0.642. The molecule has 0 radical (unpaired) electrons. The number of rotatable bonds is 5. The zero-order chi connectivity index (χ0) is 15.6. The molecule has 1 aromatic rings. The molecule has 0 bridgehead atoms. The van der Waals surface area contributed by atoms with Gasteiger partial charge in [-0.3, -0.25) is 14.5 Å².